The molecule has 0 aliphatic carbocycles. The molecule has 2 heteroatoms. The van der Waals surface area contributed by atoms with E-state index in [9.17, 15) is 0 Å². The number of aliphatic hydroxyl groups is 1. The Labute approximate surface area is 55.5 Å². The third-order valence-corrected chi connectivity index (χ3v) is 2.01. The monoisotopic (exact) mass is 134 g/mol. The smallest absolute Gasteiger partial charge is 0.0888 e. The van der Waals surface area contributed by atoms with Gasteiger partial charge < -0.3 is 5.11 Å². The zero-order valence-corrected chi connectivity index (χ0v) is 6.37. The molecule has 0 saturated heterocycles. The molecule has 0 aromatic rings. The van der Waals surface area contributed by atoms with Gasteiger partial charge in [0.2, 0.25) is 0 Å². The third-order valence-electron chi connectivity index (χ3n) is 1.05. The van der Waals surface area contributed by atoms with Gasteiger partial charge in [0.25, 0.3) is 0 Å². The summed E-state index contributed by atoms with van der Waals surface area (Å²) >= 11 is 1.61. The predicted octanol–water partition coefficient (Wildman–Crippen LogP) is 1.86. The van der Waals surface area contributed by atoms with Crippen LogP contribution < -0.4 is 0 Å². The molecule has 0 aliphatic rings. The lowest BCUT2D eigenvalue weighted by molar-refractivity contribution is 0.374. The Bertz CT molecular complexity index is 41.8. The van der Waals surface area contributed by atoms with Crippen LogP contribution in [0.3, 0.4) is 0 Å². The molecule has 0 fully saturated rings. The van der Waals surface area contributed by atoms with E-state index in [4.69, 9.17) is 5.11 Å². The van der Waals surface area contributed by atoms with Crippen LogP contribution in [0, 0.1) is 0 Å². The van der Waals surface area contributed by atoms with Crippen molar-refractivity contribution in [3.05, 3.63) is 0 Å². The molecule has 0 saturated carbocycles. The first-order valence-corrected chi connectivity index (χ1v) is 4.08. The average molecular weight is 134 g/mol. The van der Waals surface area contributed by atoms with Gasteiger partial charge in [-0.25, -0.2) is 0 Å². The maximum atomic E-state index is 8.43. The van der Waals surface area contributed by atoms with Crippen LogP contribution >= 0.6 is 11.8 Å². The van der Waals surface area contributed by atoms with Gasteiger partial charge in [0.1, 0.15) is 0 Å². The van der Waals surface area contributed by atoms with Crippen molar-refractivity contribution in [2.45, 2.75) is 31.9 Å². The number of rotatable bonds is 4. The molecule has 1 unspecified atom stereocenters. The van der Waals surface area contributed by atoms with Crippen molar-refractivity contribution in [1.82, 2.24) is 0 Å². The summed E-state index contributed by atoms with van der Waals surface area (Å²) in [5, 5.41) is 9.06. The van der Waals surface area contributed by atoms with Crippen LogP contribution in [-0.4, -0.2) is 16.3 Å². The maximum Gasteiger partial charge on any atom is 0.0888 e. The van der Waals surface area contributed by atoms with E-state index in [2.05, 4.69) is 13.8 Å². The Morgan fingerprint density at radius 1 is 1.62 bits per heavy atom. The summed E-state index contributed by atoms with van der Waals surface area (Å²) in [6.07, 6.45) is 2.43. The van der Waals surface area contributed by atoms with Crippen molar-refractivity contribution < 1.29 is 5.11 Å². The van der Waals surface area contributed by atoms with Crippen LogP contribution in [0.15, 0.2) is 0 Å². The van der Waals surface area contributed by atoms with E-state index < -0.39 is 0 Å². The molecule has 0 spiro atoms. The minimum atomic E-state index is 0.265. The molecular weight excluding hydrogens is 120 g/mol. The summed E-state index contributed by atoms with van der Waals surface area (Å²) in [4.78, 5) is 0. The normalized spacial score (nSPS) is 13.9. The van der Waals surface area contributed by atoms with Crippen molar-refractivity contribution in [3.63, 3.8) is 0 Å². The second kappa shape index (κ2) is 5.45. The molecule has 0 heterocycles. The topological polar surface area (TPSA) is 20.2 Å². The Hall–Kier alpha value is 0.310. The van der Waals surface area contributed by atoms with Gasteiger partial charge in [0.05, 0.1) is 5.94 Å². The third kappa shape index (κ3) is 4.47. The molecule has 1 atom stereocenters. The molecule has 0 amide bonds. The van der Waals surface area contributed by atoms with Gasteiger partial charge >= 0.3 is 0 Å². The van der Waals surface area contributed by atoms with Gasteiger partial charge in [0, 0.05) is 5.25 Å². The number of thioether (sulfide) groups is 1. The Morgan fingerprint density at radius 3 is 2.62 bits per heavy atom. The van der Waals surface area contributed by atoms with E-state index in [1.54, 1.807) is 11.8 Å². The van der Waals surface area contributed by atoms with E-state index in [-0.39, 0.29) is 5.94 Å². The fourth-order valence-corrected chi connectivity index (χ4v) is 1.27. The van der Waals surface area contributed by atoms with Crippen molar-refractivity contribution in [2.75, 3.05) is 5.94 Å². The largest absolute Gasteiger partial charge is 0.386 e. The molecule has 0 aromatic carbocycles. The quantitative estimate of drug-likeness (QED) is 0.592. The van der Waals surface area contributed by atoms with Crippen LogP contribution in [0.5, 0.6) is 0 Å². The highest BCUT2D eigenvalue weighted by Crippen LogP contribution is 2.13. The predicted molar refractivity (Wildman–Crippen MR) is 39.0 cm³/mol. The van der Waals surface area contributed by atoms with E-state index in [1.807, 2.05) is 0 Å². The van der Waals surface area contributed by atoms with Gasteiger partial charge in [-0.3, -0.25) is 0 Å². The first-order chi connectivity index (χ1) is 3.81. The van der Waals surface area contributed by atoms with Crippen molar-refractivity contribution in [3.8, 4) is 0 Å². The van der Waals surface area contributed by atoms with Crippen LogP contribution in [0.25, 0.3) is 0 Å². The van der Waals surface area contributed by atoms with Gasteiger partial charge in [-0.1, -0.05) is 20.3 Å². The lowest BCUT2D eigenvalue weighted by Gasteiger charge is -2.04. The second-order valence-corrected chi connectivity index (χ2v) is 3.29. The number of hydrogen-bond acceptors (Lipinski definition) is 2. The van der Waals surface area contributed by atoms with Crippen LogP contribution in [0.4, 0.5) is 0 Å². The minimum absolute atomic E-state index is 0.265. The molecule has 0 aromatic heterocycles. The van der Waals surface area contributed by atoms with E-state index in [0.717, 1.165) is 0 Å². The average Bonchev–Trinajstić information content (AvgIpc) is 1.68. The number of hydrogen-bond donors (Lipinski definition) is 1. The van der Waals surface area contributed by atoms with Crippen molar-refractivity contribution in [1.29, 1.82) is 0 Å². The molecule has 0 rings (SSSR count). The summed E-state index contributed by atoms with van der Waals surface area (Å²) in [7, 11) is 0. The van der Waals surface area contributed by atoms with Crippen molar-refractivity contribution in [2.24, 2.45) is 0 Å². The molecule has 8 heavy (non-hydrogen) atoms. The van der Waals surface area contributed by atoms with Crippen LogP contribution in [-0.2, 0) is 0 Å². The maximum absolute atomic E-state index is 8.43. The Morgan fingerprint density at radius 2 is 2.25 bits per heavy atom. The number of aliphatic hydroxyl groups excluding tert-OH is 1. The highest BCUT2D eigenvalue weighted by Gasteiger charge is 1.96. The van der Waals surface area contributed by atoms with E-state index in [0.29, 0.717) is 5.25 Å². The highest BCUT2D eigenvalue weighted by atomic mass is 32.2. The molecule has 1 nitrogen and oxygen atoms in total. The molecule has 50 valence electrons. The zero-order valence-electron chi connectivity index (χ0n) is 5.55. The minimum Gasteiger partial charge on any atom is -0.386 e. The summed E-state index contributed by atoms with van der Waals surface area (Å²) in [5.41, 5.74) is 0. The van der Waals surface area contributed by atoms with Gasteiger partial charge in [0.15, 0.2) is 0 Å². The first kappa shape index (κ1) is 8.31. The van der Waals surface area contributed by atoms with Gasteiger partial charge in [-0.05, 0) is 6.42 Å². The zero-order chi connectivity index (χ0) is 6.41. The molecule has 0 bridgehead atoms. The lowest BCUT2D eigenvalue weighted by Crippen LogP contribution is -1.95. The molecule has 1 N–H and O–H groups in total. The standard InChI is InChI=1S/C6H14OS/c1-3-4-6(2)8-5-7/h6-7H,3-5H2,1-2H3. The lowest BCUT2D eigenvalue weighted by atomic mass is 10.3. The fourth-order valence-electron chi connectivity index (χ4n) is 0.617. The summed E-state index contributed by atoms with van der Waals surface area (Å²) in [6, 6.07) is 0. The Balaban J connectivity index is 2.92. The molecular formula is C6H14OS. The first-order valence-electron chi connectivity index (χ1n) is 3.03. The van der Waals surface area contributed by atoms with Crippen molar-refractivity contribution >= 4 is 11.8 Å². The van der Waals surface area contributed by atoms with E-state index in [1.165, 1.54) is 12.8 Å². The molecule has 0 aliphatic heterocycles. The van der Waals surface area contributed by atoms with E-state index >= 15 is 0 Å². The summed E-state index contributed by atoms with van der Waals surface area (Å²) in [5.74, 6) is 0.265. The Kier molecular flexibility index (Phi) is 5.66. The van der Waals surface area contributed by atoms with Gasteiger partial charge in [-0.15, -0.1) is 11.8 Å². The van der Waals surface area contributed by atoms with Crippen LogP contribution in [0.1, 0.15) is 26.7 Å². The summed E-state index contributed by atoms with van der Waals surface area (Å²) < 4.78 is 0. The molecule has 0 radical (unpaired) electrons. The highest BCUT2D eigenvalue weighted by molar-refractivity contribution is 7.99. The second-order valence-electron chi connectivity index (χ2n) is 1.90. The fraction of sp³-hybridized carbons (Fsp3) is 1.00. The van der Waals surface area contributed by atoms with Gasteiger partial charge in [-0.2, -0.15) is 0 Å². The SMILES string of the molecule is CCCC(C)SCO. The van der Waals surface area contributed by atoms with Crippen LogP contribution in [0.2, 0.25) is 0 Å². The summed E-state index contributed by atoms with van der Waals surface area (Å²) in [6.45, 7) is 4.30.